The molecule has 0 bridgehead atoms. The lowest BCUT2D eigenvalue weighted by Crippen LogP contribution is -2.51. The Morgan fingerprint density at radius 2 is 2.00 bits per heavy atom. The van der Waals surface area contributed by atoms with Gasteiger partial charge < -0.3 is 10.4 Å². The van der Waals surface area contributed by atoms with E-state index in [4.69, 9.17) is 0 Å². The topological polar surface area (TPSA) is 49.3 Å². The number of amides is 1. The molecule has 2 rings (SSSR count). The maximum absolute atomic E-state index is 12.3. The molecule has 2 N–H and O–H groups in total. The van der Waals surface area contributed by atoms with E-state index in [1.54, 1.807) is 12.1 Å². The number of benzene rings is 1. The average molecular weight is 391 g/mol. The Balaban J connectivity index is 2.15. The van der Waals surface area contributed by atoms with Crippen LogP contribution in [0.3, 0.4) is 0 Å². The lowest BCUT2D eigenvalue weighted by molar-refractivity contribution is 0.0884. The minimum absolute atomic E-state index is 0.00686. The molecule has 0 atom stereocenters. The van der Waals surface area contributed by atoms with Crippen LogP contribution < -0.4 is 5.32 Å². The maximum Gasteiger partial charge on any atom is 0.255 e. The van der Waals surface area contributed by atoms with Crippen LogP contribution >= 0.6 is 31.9 Å². The molecule has 19 heavy (non-hydrogen) atoms. The van der Waals surface area contributed by atoms with Crippen molar-refractivity contribution in [3.63, 3.8) is 0 Å². The minimum atomic E-state index is -0.202. The third-order valence-corrected chi connectivity index (χ3v) is 5.22. The summed E-state index contributed by atoms with van der Waals surface area (Å²) >= 11 is 6.78. The number of alkyl halides is 1. The highest BCUT2D eigenvalue weighted by Gasteiger charge is 2.33. The van der Waals surface area contributed by atoms with Gasteiger partial charge in [-0.2, -0.15) is 0 Å². The van der Waals surface area contributed by atoms with Crippen molar-refractivity contribution in [1.82, 2.24) is 5.32 Å². The van der Waals surface area contributed by atoms with E-state index in [-0.39, 0.29) is 17.2 Å². The van der Waals surface area contributed by atoms with Crippen molar-refractivity contribution in [2.75, 3.05) is 5.33 Å². The van der Waals surface area contributed by atoms with E-state index in [2.05, 4.69) is 37.2 Å². The van der Waals surface area contributed by atoms with Gasteiger partial charge in [-0.15, -0.1) is 0 Å². The highest BCUT2D eigenvalue weighted by Crippen LogP contribution is 2.31. The maximum atomic E-state index is 12.3. The molecular formula is C14H17Br2NO2. The average Bonchev–Trinajstić information content (AvgIpc) is 2.39. The summed E-state index contributed by atoms with van der Waals surface area (Å²) in [5.74, 6) is -0.196. The van der Waals surface area contributed by atoms with Crippen molar-refractivity contribution in [1.29, 1.82) is 0 Å². The van der Waals surface area contributed by atoms with Crippen LogP contribution in [-0.2, 0) is 0 Å². The van der Waals surface area contributed by atoms with Crippen LogP contribution in [0, 0.1) is 0 Å². The molecule has 1 aliphatic carbocycles. The first kappa shape index (κ1) is 14.9. The van der Waals surface area contributed by atoms with Gasteiger partial charge in [-0.25, -0.2) is 0 Å². The normalized spacial score (nSPS) is 18.0. The third-order valence-electron chi connectivity index (χ3n) is 3.65. The number of carbonyl (C=O) groups is 1. The lowest BCUT2D eigenvalue weighted by atomic mass is 9.83. The molecule has 0 spiro atoms. The summed E-state index contributed by atoms with van der Waals surface area (Å²) in [4.78, 5) is 12.3. The first-order valence-electron chi connectivity index (χ1n) is 6.43. The van der Waals surface area contributed by atoms with E-state index in [0.717, 1.165) is 35.5 Å². The molecule has 0 unspecified atom stereocenters. The van der Waals surface area contributed by atoms with Crippen molar-refractivity contribution in [3.05, 3.63) is 28.2 Å². The van der Waals surface area contributed by atoms with Crippen LogP contribution in [0.4, 0.5) is 0 Å². The van der Waals surface area contributed by atoms with Crippen LogP contribution in [0.5, 0.6) is 5.75 Å². The number of aromatic hydroxyl groups is 1. The summed E-state index contributed by atoms with van der Waals surface area (Å²) in [5, 5.41) is 13.7. The summed E-state index contributed by atoms with van der Waals surface area (Å²) in [6.07, 6.45) is 5.48. The van der Waals surface area contributed by atoms with Crippen LogP contribution in [0.2, 0.25) is 0 Å². The number of phenols is 1. The first-order valence-corrected chi connectivity index (χ1v) is 8.35. The Labute approximate surface area is 130 Å². The van der Waals surface area contributed by atoms with Gasteiger partial charge in [-0.3, -0.25) is 4.79 Å². The molecule has 1 aromatic rings. The first-order chi connectivity index (χ1) is 9.06. The Hall–Kier alpha value is -0.550. The molecule has 0 saturated heterocycles. The number of nitrogens with one attached hydrogen (secondary N) is 1. The van der Waals surface area contributed by atoms with Crippen molar-refractivity contribution < 1.29 is 9.90 Å². The van der Waals surface area contributed by atoms with Gasteiger partial charge >= 0.3 is 0 Å². The zero-order valence-electron chi connectivity index (χ0n) is 10.6. The van der Waals surface area contributed by atoms with Crippen LogP contribution in [0.15, 0.2) is 22.7 Å². The summed E-state index contributed by atoms with van der Waals surface area (Å²) in [6, 6.07) is 4.94. The van der Waals surface area contributed by atoms with Crippen LogP contribution in [-0.4, -0.2) is 21.9 Å². The Morgan fingerprint density at radius 3 is 2.58 bits per heavy atom. The van der Waals surface area contributed by atoms with E-state index >= 15 is 0 Å². The molecule has 3 nitrogen and oxygen atoms in total. The summed E-state index contributed by atoms with van der Waals surface area (Å²) in [7, 11) is 0. The van der Waals surface area contributed by atoms with Crippen molar-refractivity contribution in [2.24, 2.45) is 0 Å². The monoisotopic (exact) mass is 389 g/mol. The van der Waals surface area contributed by atoms with Crippen molar-refractivity contribution >= 4 is 37.8 Å². The fraction of sp³-hybridized carbons (Fsp3) is 0.500. The van der Waals surface area contributed by atoms with Gasteiger partial charge in [-0.05, 0) is 31.0 Å². The Morgan fingerprint density at radius 1 is 1.32 bits per heavy atom. The molecule has 1 aliphatic rings. The highest BCUT2D eigenvalue weighted by molar-refractivity contribution is 9.10. The van der Waals surface area contributed by atoms with Gasteiger partial charge in [0.2, 0.25) is 0 Å². The molecule has 1 aromatic carbocycles. The van der Waals surface area contributed by atoms with E-state index in [9.17, 15) is 9.90 Å². The van der Waals surface area contributed by atoms with E-state index in [1.807, 2.05) is 0 Å². The molecule has 0 radical (unpaired) electrons. The van der Waals surface area contributed by atoms with Gasteiger partial charge in [0.15, 0.2) is 0 Å². The molecular weight excluding hydrogens is 374 g/mol. The molecule has 1 saturated carbocycles. The van der Waals surface area contributed by atoms with Crippen LogP contribution in [0.1, 0.15) is 42.5 Å². The van der Waals surface area contributed by atoms with Gasteiger partial charge in [0, 0.05) is 9.80 Å². The lowest BCUT2D eigenvalue weighted by Gasteiger charge is -2.36. The number of halogens is 2. The zero-order valence-corrected chi connectivity index (χ0v) is 13.8. The number of hydrogen-bond acceptors (Lipinski definition) is 2. The van der Waals surface area contributed by atoms with Gasteiger partial charge in [0.1, 0.15) is 5.75 Å². The third kappa shape index (κ3) is 3.51. The smallest absolute Gasteiger partial charge is 0.255 e. The number of phenolic OH excluding ortho intramolecular Hbond substituents is 1. The number of hydrogen-bond donors (Lipinski definition) is 2. The largest absolute Gasteiger partial charge is 0.507 e. The predicted octanol–water partition coefficient (Wildman–Crippen LogP) is 3.98. The quantitative estimate of drug-likeness (QED) is 0.766. The van der Waals surface area contributed by atoms with Gasteiger partial charge in [-0.1, -0.05) is 51.1 Å². The van der Waals surface area contributed by atoms with Gasteiger partial charge in [0.25, 0.3) is 5.91 Å². The zero-order chi connectivity index (χ0) is 13.9. The van der Waals surface area contributed by atoms with E-state index in [1.165, 1.54) is 12.5 Å². The minimum Gasteiger partial charge on any atom is -0.507 e. The number of rotatable bonds is 3. The number of carbonyl (C=O) groups excluding carboxylic acids is 1. The fourth-order valence-electron chi connectivity index (χ4n) is 2.53. The van der Waals surface area contributed by atoms with Crippen molar-refractivity contribution in [2.45, 2.75) is 37.6 Å². The second-order valence-electron chi connectivity index (χ2n) is 5.09. The molecule has 0 heterocycles. The standard InChI is InChI=1S/C14H17Br2NO2/c15-9-14(6-2-1-3-7-14)17-13(19)11-5-4-10(16)8-12(11)18/h4-5,8,18H,1-3,6-7,9H2,(H,17,19). The summed E-state index contributed by atoms with van der Waals surface area (Å²) < 4.78 is 0.759. The van der Waals surface area contributed by atoms with Crippen LogP contribution in [0.25, 0.3) is 0 Å². The van der Waals surface area contributed by atoms with E-state index in [0.29, 0.717) is 5.56 Å². The van der Waals surface area contributed by atoms with Gasteiger partial charge in [0.05, 0.1) is 11.1 Å². The summed E-state index contributed by atoms with van der Waals surface area (Å²) in [5.41, 5.74) is 0.156. The second-order valence-corrected chi connectivity index (χ2v) is 6.57. The molecule has 0 aliphatic heterocycles. The molecule has 1 fully saturated rings. The molecule has 5 heteroatoms. The predicted molar refractivity (Wildman–Crippen MR) is 82.9 cm³/mol. The second kappa shape index (κ2) is 6.27. The van der Waals surface area contributed by atoms with Crippen molar-refractivity contribution in [3.8, 4) is 5.75 Å². The Bertz CT molecular complexity index is 471. The highest BCUT2D eigenvalue weighted by atomic mass is 79.9. The molecule has 0 aromatic heterocycles. The van der Waals surface area contributed by atoms with E-state index < -0.39 is 0 Å². The molecule has 104 valence electrons. The Kier molecular flexibility index (Phi) is 4.90. The SMILES string of the molecule is O=C(NC1(CBr)CCCCC1)c1ccc(Br)cc1O. The molecule has 1 amide bonds. The fourth-order valence-corrected chi connectivity index (χ4v) is 3.58. The summed E-state index contributed by atoms with van der Waals surface area (Å²) in [6.45, 7) is 0.